The van der Waals surface area contributed by atoms with Crippen LogP contribution in [-0.2, 0) is 4.79 Å². The van der Waals surface area contributed by atoms with E-state index >= 15 is 0 Å². The Morgan fingerprint density at radius 1 is 1.20 bits per heavy atom. The maximum Gasteiger partial charge on any atom is 0.280 e. The number of hydrogen-bond acceptors (Lipinski definition) is 5. The molecule has 1 atom stereocenters. The van der Waals surface area contributed by atoms with E-state index in [4.69, 9.17) is 4.74 Å². The van der Waals surface area contributed by atoms with Crippen LogP contribution in [0.3, 0.4) is 0 Å². The predicted molar refractivity (Wildman–Crippen MR) is 95.7 cm³/mol. The number of benzene rings is 2. The Balaban J connectivity index is 2.03. The molecule has 0 saturated heterocycles. The third-order valence-electron chi connectivity index (χ3n) is 3.84. The first-order chi connectivity index (χ1) is 12.0. The van der Waals surface area contributed by atoms with Crippen molar-refractivity contribution < 1.29 is 19.7 Å². The summed E-state index contributed by atoms with van der Waals surface area (Å²) in [7, 11) is 1.50. The lowest BCUT2D eigenvalue weighted by molar-refractivity contribution is -0.114. The number of carbonyl (C=O) groups is 1. The fourth-order valence-corrected chi connectivity index (χ4v) is 2.55. The van der Waals surface area contributed by atoms with E-state index < -0.39 is 6.10 Å². The minimum Gasteiger partial charge on any atom is -0.507 e. The van der Waals surface area contributed by atoms with Crippen LogP contribution < -0.4 is 9.75 Å². The number of anilines is 1. The molecule has 1 heterocycles. The number of ether oxygens (including phenoxy) is 1. The van der Waals surface area contributed by atoms with Crippen LogP contribution in [0.25, 0.3) is 6.08 Å². The van der Waals surface area contributed by atoms with Gasteiger partial charge in [-0.2, -0.15) is 10.1 Å². The molecule has 2 aromatic rings. The van der Waals surface area contributed by atoms with Crippen LogP contribution in [0.4, 0.5) is 5.69 Å². The first kappa shape index (κ1) is 16.7. The molecule has 3 rings (SSSR count). The molecular formula is C19H18N2O4. The van der Waals surface area contributed by atoms with E-state index in [0.29, 0.717) is 17.0 Å². The molecule has 0 aromatic heterocycles. The molecule has 0 spiro atoms. The zero-order valence-electron chi connectivity index (χ0n) is 13.9. The van der Waals surface area contributed by atoms with E-state index in [1.807, 2.05) is 6.07 Å². The SMILES string of the molecule is COc1ccc(/C=C2\C(=O)N(c3ccccc3)N=C2C(C)O)c(O)c1. The number of phenolic OH excluding ortho intramolecular Hbond substituents is 1. The number of phenols is 1. The van der Waals surface area contributed by atoms with Crippen LogP contribution in [0.2, 0.25) is 0 Å². The number of hydrazone groups is 1. The molecule has 1 amide bonds. The molecular weight excluding hydrogens is 320 g/mol. The Bertz CT molecular complexity index is 857. The topological polar surface area (TPSA) is 82.4 Å². The molecule has 6 heteroatoms. The summed E-state index contributed by atoms with van der Waals surface area (Å²) in [6.45, 7) is 1.54. The Kier molecular flexibility index (Phi) is 4.54. The number of aromatic hydroxyl groups is 1. The number of carbonyl (C=O) groups excluding carboxylic acids is 1. The van der Waals surface area contributed by atoms with Gasteiger partial charge in [-0.25, -0.2) is 0 Å². The third-order valence-corrected chi connectivity index (χ3v) is 3.84. The van der Waals surface area contributed by atoms with Crippen LogP contribution in [0.5, 0.6) is 11.5 Å². The zero-order chi connectivity index (χ0) is 18.0. The van der Waals surface area contributed by atoms with Crippen molar-refractivity contribution in [3.8, 4) is 11.5 Å². The van der Waals surface area contributed by atoms with E-state index in [9.17, 15) is 15.0 Å². The molecule has 2 N–H and O–H groups in total. The summed E-state index contributed by atoms with van der Waals surface area (Å²) in [5.74, 6) is 0.118. The van der Waals surface area contributed by atoms with Crippen LogP contribution in [-0.4, -0.2) is 35.0 Å². The molecule has 1 unspecified atom stereocenters. The van der Waals surface area contributed by atoms with Crippen molar-refractivity contribution in [1.29, 1.82) is 0 Å². The quantitative estimate of drug-likeness (QED) is 0.840. The lowest BCUT2D eigenvalue weighted by Crippen LogP contribution is -2.22. The number of nitrogens with zero attached hydrogens (tertiary/aromatic N) is 2. The van der Waals surface area contributed by atoms with Gasteiger partial charge in [0.1, 0.15) is 17.2 Å². The molecule has 0 bridgehead atoms. The molecule has 6 nitrogen and oxygen atoms in total. The normalized spacial score (nSPS) is 16.9. The van der Waals surface area contributed by atoms with Gasteiger partial charge in [-0.3, -0.25) is 4.79 Å². The summed E-state index contributed by atoms with van der Waals surface area (Å²) in [6.07, 6.45) is 0.593. The maximum absolute atomic E-state index is 12.8. The molecule has 1 aliphatic rings. The Morgan fingerprint density at radius 3 is 2.52 bits per heavy atom. The highest BCUT2D eigenvalue weighted by molar-refractivity contribution is 6.33. The summed E-state index contributed by atoms with van der Waals surface area (Å²) < 4.78 is 5.06. The lowest BCUT2D eigenvalue weighted by Gasteiger charge is -2.11. The fourth-order valence-electron chi connectivity index (χ4n) is 2.55. The number of para-hydroxylation sites is 1. The molecule has 2 aromatic carbocycles. The predicted octanol–water partition coefficient (Wildman–Crippen LogP) is 2.57. The van der Waals surface area contributed by atoms with Crippen molar-refractivity contribution in [2.75, 3.05) is 12.1 Å². The molecule has 25 heavy (non-hydrogen) atoms. The van der Waals surface area contributed by atoms with Crippen LogP contribution in [0.15, 0.2) is 59.2 Å². The largest absolute Gasteiger partial charge is 0.507 e. The van der Waals surface area contributed by atoms with Gasteiger partial charge in [-0.1, -0.05) is 18.2 Å². The van der Waals surface area contributed by atoms with E-state index in [0.717, 1.165) is 0 Å². The summed E-state index contributed by atoms with van der Waals surface area (Å²) in [5, 5.41) is 25.6. The monoisotopic (exact) mass is 338 g/mol. The Morgan fingerprint density at radius 2 is 1.92 bits per heavy atom. The van der Waals surface area contributed by atoms with Crippen molar-refractivity contribution in [2.24, 2.45) is 5.10 Å². The maximum atomic E-state index is 12.8. The minimum absolute atomic E-state index is 0.0252. The summed E-state index contributed by atoms with van der Waals surface area (Å²) in [6, 6.07) is 13.7. The van der Waals surface area contributed by atoms with E-state index in [1.165, 1.54) is 24.3 Å². The fraction of sp³-hybridized carbons (Fsp3) is 0.158. The van der Waals surface area contributed by atoms with Crippen molar-refractivity contribution in [1.82, 2.24) is 0 Å². The summed E-state index contributed by atoms with van der Waals surface area (Å²) in [4.78, 5) is 12.8. The number of methoxy groups -OCH3 is 1. The highest BCUT2D eigenvalue weighted by Crippen LogP contribution is 2.30. The highest BCUT2D eigenvalue weighted by atomic mass is 16.5. The molecule has 0 aliphatic carbocycles. The Labute approximate surface area is 145 Å². The van der Waals surface area contributed by atoms with Gasteiger partial charge in [0, 0.05) is 11.6 Å². The number of hydrogen-bond donors (Lipinski definition) is 2. The average molecular weight is 338 g/mol. The van der Waals surface area contributed by atoms with Gasteiger partial charge in [0.2, 0.25) is 0 Å². The average Bonchev–Trinajstić information content (AvgIpc) is 2.94. The van der Waals surface area contributed by atoms with E-state index in [2.05, 4.69) is 5.10 Å². The van der Waals surface area contributed by atoms with Crippen molar-refractivity contribution in [3.63, 3.8) is 0 Å². The number of rotatable bonds is 4. The number of amides is 1. The number of aliphatic hydroxyl groups is 1. The van der Waals surface area contributed by atoms with Gasteiger partial charge in [-0.05, 0) is 37.3 Å². The van der Waals surface area contributed by atoms with Gasteiger partial charge in [0.05, 0.1) is 24.5 Å². The van der Waals surface area contributed by atoms with E-state index in [1.54, 1.807) is 43.3 Å². The van der Waals surface area contributed by atoms with Gasteiger partial charge < -0.3 is 14.9 Å². The summed E-state index contributed by atoms with van der Waals surface area (Å²) in [5.41, 5.74) is 1.53. The van der Waals surface area contributed by atoms with Crippen LogP contribution in [0, 0.1) is 0 Å². The molecule has 0 radical (unpaired) electrons. The van der Waals surface area contributed by atoms with Gasteiger partial charge >= 0.3 is 0 Å². The molecule has 0 fully saturated rings. The van der Waals surface area contributed by atoms with Gasteiger partial charge in [-0.15, -0.1) is 0 Å². The van der Waals surface area contributed by atoms with E-state index in [-0.39, 0.29) is 22.9 Å². The first-order valence-corrected chi connectivity index (χ1v) is 7.76. The molecule has 1 aliphatic heterocycles. The zero-order valence-corrected chi connectivity index (χ0v) is 13.9. The van der Waals surface area contributed by atoms with Crippen molar-refractivity contribution in [2.45, 2.75) is 13.0 Å². The lowest BCUT2D eigenvalue weighted by atomic mass is 10.0. The first-order valence-electron chi connectivity index (χ1n) is 7.76. The van der Waals surface area contributed by atoms with Crippen LogP contribution >= 0.6 is 0 Å². The molecule has 128 valence electrons. The van der Waals surface area contributed by atoms with Crippen molar-refractivity contribution in [3.05, 3.63) is 59.7 Å². The minimum atomic E-state index is -0.927. The Hall–Kier alpha value is -3.12. The van der Waals surface area contributed by atoms with Crippen molar-refractivity contribution >= 4 is 23.4 Å². The summed E-state index contributed by atoms with van der Waals surface area (Å²) >= 11 is 0. The highest BCUT2D eigenvalue weighted by Gasteiger charge is 2.33. The molecule has 0 saturated carbocycles. The third kappa shape index (κ3) is 3.25. The number of aliphatic hydroxyl groups excluding tert-OH is 1. The second-order valence-corrected chi connectivity index (χ2v) is 5.60. The second-order valence-electron chi connectivity index (χ2n) is 5.60. The smallest absolute Gasteiger partial charge is 0.280 e. The van der Waals surface area contributed by atoms with Gasteiger partial charge in [0.25, 0.3) is 5.91 Å². The second kappa shape index (κ2) is 6.78. The van der Waals surface area contributed by atoms with Crippen LogP contribution in [0.1, 0.15) is 12.5 Å². The van der Waals surface area contributed by atoms with Gasteiger partial charge in [0.15, 0.2) is 0 Å². The standard InChI is InChI=1S/C19H18N2O4/c1-12(22)18-16(10-13-8-9-15(25-2)11-17(13)23)19(24)21(20-18)14-6-4-3-5-7-14/h3-12,22-23H,1-2H3/b16-10-.